The van der Waals surface area contributed by atoms with E-state index < -0.39 is 65.7 Å². The number of carbonyl (C=O) groups is 5. The van der Waals surface area contributed by atoms with Crippen LogP contribution in [0, 0.1) is 17.8 Å². The molecule has 38 heavy (non-hydrogen) atoms. The predicted octanol–water partition coefficient (Wildman–Crippen LogP) is 0.491. The van der Waals surface area contributed by atoms with E-state index in [0.29, 0.717) is 19.4 Å². The molecule has 6 fully saturated rings. The van der Waals surface area contributed by atoms with Gasteiger partial charge in [-0.1, -0.05) is 6.42 Å². The Hall–Kier alpha value is -2.77. The van der Waals surface area contributed by atoms with Crippen LogP contribution in [-0.2, 0) is 28.7 Å². The standard InChI is InChI=1S/C24H30F4N4O6/c25-22-9-23(10-22,11-22)31-20(36)21(37)32-7-13-2-1-3-14(13)17(32)19(35)30-15(6-12-4-5-29-18(12)34)16(33)8-38-24(26,27)28/h12-15,17H,1-11H2,(H,29,34)(H,30,35)(H,31,36)/t12-,13-,14-,15?,17-,22?,23?/m0/s1. The van der Waals surface area contributed by atoms with Gasteiger partial charge in [-0.05, 0) is 37.5 Å². The molecule has 4 saturated carbocycles. The van der Waals surface area contributed by atoms with E-state index in [4.69, 9.17) is 0 Å². The van der Waals surface area contributed by atoms with E-state index in [1.807, 2.05) is 0 Å². The Balaban J connectivity index is 1.29. The molecule has 2 heterocycles. The van der Waals surface area contributed by atoms with Crippen LogP contribution in [0.3, 0.4) is 0 Å². The fraction of sp³-hybridized carbons (Fsp3) is 0.792. The Kier molecular flexibility index (Phi) is 6.67. The van der Waals surface area contributed by atoms with Crippen LogP contribution in [0.1, 0.15) is 51.4 Å². The maximum atomic E-state index is 13.8. The lowest BCUT2D eigenvalue weighted by molar-refractivity contribution is -0.321. The van der Waals surface area contributed by atoms with Crippen molar-refractivity contribution in [2.45, 2.75) is 81.0 Å². The van der Waals surface area contributed by atoms with Gasteiger partial charge in [-0.2, -0.15) is 0 Å². The topological polar surface area (TPSA) is 134 Å². The summed E-state index contributed by atoms with van der Waals surface area (Å²) in [6.07, 6.45) is -2.36. The summed E-state index contributed by atoms with van der Waals surface area (Å²) in [5.74, 6) is -5.08. The molecular formula is C24H30F4N4O6. The first-order valence-electron chi connectivity index (χ1n) is 12.9. The van der Waals surface area contributed by atoms with Crippen molar-refractivity contribution in [3.63, 3.8) is 0 Å². The lowest BCUT2D eigenvalue weighted by Gasteiger charge is -2.65. The lowest BCUT2D eigenvalue weighted by Crippen LogP contribution is -2.77. The first-order chi connectivity index (χ1) is 17.8. The molecular weight excluding hydrogens is 516 g/mol. The highest BCUT2D eigenvalue weighted by Gasteiger charge is 2.70. The number of alkyl halides is 4. The summed E-state index contributed by atoms with van der Waals surface area (Å²) < 4.78 is 55.2. The molecule has 1 unspecified atom stereocenters. The number of carbonyl (C=O) groups excluding carboxylic acids is 5. The number of hydrogen-bond donors (Lipinski definition) is 3. The van der Waals surface area contributed by atoms with Gasteiger partial charge in [-0.3, -0.25) is 28.7 Å². The van der Waals surface area contributed by atoms with Crippen LogP contribution in [0.25, 0.3) is 0 Å². The van der Waals surface area contributed by atoms with Crippen LogP contribution in [0.4, 0.5) is 17.6 Å². The van der Waals surface area contributed by atoms with Crippen LogP contribution in [-0.4, -0.2) is 83.7 Å². The van der Waals surface area contributed by atoms with Crippen LogP contribution in [0.5, 0.6) is 0 Å². The SMILES string of the molecule is O=C(NC12CC(F)(C1)C2)C(=O)N1C[C@@H]2CCC[C@@H]2[C@H]1C(=O)NC(C[C@@H]1CCNC1=O)C(=O)COC(F)(F)F. The molecule has 6 aliphatic rings. The van der Waals surface area contributed by atoms with Gasteiger partial charge in [0.15, 0.2) is 5.78 Å². The summed E-state index contributed by atoms with van der Waals surface area (Å²) in [6.45, 7) is -0.856. The van der Waals surface area contributed by atoms with E-state index in [1.165, 1.54) is 0 Å². The van der Waals surface area contributed by atoms with E-state index >= 15 is 0 Å². The third-order valence-corrected chi connectivity index (χ3v) is 8.72. The zero-order valence-electron chi connectivity index (χ0n) is 20.6. The van der Waals surface area contributed by atoms with Crippen molar-refractivity contribution in [2.24, 2.45) is 17.8 Å². The molecule has 0 aromatic heterocycles. The van der Waals surface area contributed by atoms with Gasteiger partial charge in [-0.15, -0.1) is 13.2 Å². The Morgan fingerprint density at radius 2 is 1.84 bits per heavy atom. The van der Waals surface area contributed by atoms with Crippen molar-refractivity contribution in [2.75, 3.05) is 19.7 Å². The van der Waals surface area contributed by atoms with E-state index in [9.17, 15) is 41.5 Å². The fourth-order valence-corrected chi connectivity index (χ4v) is 7.01. The highest BCUT2D eigenvalue weighted by molar-refractivity contribution is 6.35. The average Bonchev–Trinajstić information content (AvgIpc) is 3.50. The van der Waals surface area contributed by atoms with E-state index in [1.54, 1.807) is 0 Å². The summed E-state index contributed by atoms with van der Waals surface area (Å²) in [4.78, 5) is 65.3. The van der Waals surface area contributed by atoms with E-state index in [2.05, 4.69) is 20.7 Å². The first-order valence-corrected chi connectivity index (χ1v) is 12.9. The quantitative estimate of drug-likeness (QED) is 0.300. The maximum Gasteiger partial charge on any atom is 0.522 e. The number of ketones is 1. The molecule has 2 bridgehead atoms. The van der Waals surface area contributed by atoms with Crippen LogP contribution in [0.15, 0.2) is 0 Å². The number of Topliss-reactive ketones (excluding diaryl/α,β-unsaturated/α-hetero) is 1. The van der Waals surface area contributed by atoms with Crippen molar-refractivity contribution < 1.29 is 46.3 Å². The molecule has 2 saturated heterocycles. The number of amides is 4. The highest BCUT2D eigenvalue weighted by atomic mass is 19.4. The summed E-state index contributed by atoms with van der Waals surface area (Å²) in [5, 5.41) is 7.66. The van der Waals surface area contributed by atoms with Crippen molar-refractivity contribution in [1.82, 2.24) is 20.9 Å². The van der Waals surface area contributed by atoms with Gasteiger partial charge in [0.1, 0.15) is 18.3 Å². The number of likely N-dealkylation sites (tertiary alicyclic amines) is 1. The van der Waals surface area contributed by atoms with E-state index in [0.717, 1.165) is 17.7 Å². The summed E-state index contributed by atoms with van der Waals surface area (Å²) in [7, 11) is 0. The molecule has 5 atom stereocenters. The molecule has 14 heteroatoms. The second-order valence-electron chi connectivity index (χ2n) is 11.4. The number of hydrogen-bond acceptors (Lipinski definition) is 6. The lowest BCUT2D eigenvalue weighted by atomic mass is 9.47. The summed E-state index contributed by atoms with van der Waals surface area (Å²) in [6, 6.07) is -2.55. The molecule has 4 amide bonds. The van der Waals surface area contributed by atoms with Crippen LogP contribution in [0.2, 0.25) is 0 Å². The van der Waals surface area contributed by atoms with Crippen molar-refractivity contribution in [1.29, 1.82) is 0 Å². The zero-order chi connectivity index (χ0) is 27.5. The molecule has 2 aliphatic heterocycles. The Morgan fingerprint density at radius 1 is 1.13 bits per heavy atom. The molecule has 0 aromatic rings. The number of fused-ring (bicyclic) bond motifs is 1. The second-order valence-corrected chi connectivity index (χ2v) is 11.4. The number of rotatable bonds is 8. The van der Waals surface area contributed by atoms with Gasteiger partial charge in [-0.25, -0.2) is 4.39 Å². The molecule has 210 valence electrons. The molecule has 0 radical (unpaired) electrons. The summed E-state index contributed by atoms with van der Waals surface area (Å²) in [5.41, 5.74) is -2.01. The number of halogens is 4. The highest BCUT2D eigenvalue weighted by Crippen LogP contribution is 2.62. The Morgan fingerprint density at radius 3 is 2.45 bits per heavy atom. The third kappa shape index (κ3) is 5.10. The normalized spacial score (nSPS) is 36.0. The van der Waals surface area contributed by atoms with E-state index in [-0.39, 0.29) is 50.0 Å². The van der Waals surface area contributed by atoms with Crippen molar-refractivity contribution >= 4 is 29.4 Å². The first kappa shape index (κ1) is 26.8. The second kappa shape index (κ2) is 9.45. The van der Waals surface area contributed by atoms with Gasteiger partial charge in [0.2, 0.25) is 11.8 Å². The maximum absolute atomic E-state index is 13.8. The Bertz CT molecular complexity index is 1030. The van der Waals surface area contributed by atoms with Gasteiger partial charge >= 0.3 is 18.2 Å². The number of ether oxygens (including phenoxy) is 1. The smallest absolute Gasteiger partial charge is 0.356 e. The Labute approximate surface area is 215 Å². The number of nitrogens with one attached hydrogen (secondary N) is 3. The molecule has 0 spiro atoms. The minimum atomic E-state index is -5.06. The van der Waals surface area contributed by atoms with Crippen molar-refractivity contribution in [3.8, 4) is 0 Å². The third-order valence-electron chi connectivity index (χ3n) is 8.72. The minimum Gasteiger partial charge on any atom is -0.356 e. The summed E-state index contributed by atoms with van der Waals surface area (Å²) >= 11 is 0. The number of nitrogens with zero attached hydrogens (tertiary/aromatic N) is 1. The van der Waals surface area contributed by atoms with Crippen molar-refractivity contribution in [3.05, 3.63) is 0 Å². The fourth-order valence-electron chi connectivity index (χ4n) is 7.01. The molecule has 10 nitrogen and oxygen atoms in total. The van der Waals surface area contributed by atoms with Crippen LogP contribution >= 0.6 is 0 Å². The van der Waals surface area contributed by atoms with Gasteiger partial charge < -0.3 is 20.9 Å². The largest absolute Gasteiger partial charge is 0.522 e. The predicted molar refractivity (Wildman–Crippen MR) is 120 cm³/mol. The van der Waals surface area contributed by atoms with Gasteiger partial charge in [0, 0.05) is 43.8 Å². The molecule has 6 rings (SSSR count). The monoisotopic (exact) mass is 546 g/mol. The average molecular weight is 547 g/mol. The zero-order valence-corrected chi connectivity index (χ0v) is 20.6. The van der Waals surface area contributed by atoms with Gasteiger partial charge in [0.05, 0.1) is 6.04 Å². The molecule has 3 N–H and O–H groups in total. The molecule has 0 aromatic carbocycles. The minimum absolute atomic E-state index is 0.0464. The molecule has 4 aliphatic carbocycles. The van der Waals surface area contributed by atoms with Gasteiger partial charge in [0.25, 0.3) is 0 Å². The van der Waals surface area contributed by atoms with Crippen LogP contribution < -0.4 is 16.0 Å².